The number of hydrogen-bond donors (Lipinski definition) is 0. The SMILES string of the molecule is O=c1c2sc3ccccc3c2n(Cc2ccccc2F)c(=O)n1Cc1ccco1. The largest absolute Gasteiger partial charge is 0.467 e. The number of aromatic nitrogens is 2. The monoisotopic (exact) mass is 406 g/mol. The number of furan rings is 1. The van der Waals surface area contributed by atoms with Crippen molar-refractivity contribution in [3.05, 3.63) is 105 Å². The average molecular weight is 406 g/mol. The van der Waals surface area contributed by atoms with E-state index in [1.807, 2.05) is 24.3 Å². The molecule has 144 valence electrons. The molecule has 0 atom stereocenters. The molecule has 0 bridgehead atoms. The van der Waals surface area contributed by atoms with Crippen LogP contribution in [-0.4, -0.2) is 9.13 Å². The summed E-state index contributed by atoms with van der Waals surface area (Å²) >= 11 is 1.34. The molecule has 0 fully saturated rings. The first-order valence-corrected chi connectivity index (χ1v) is 9.86. The highest BCUT2D eigenvalue weighted by atomic mass is 32.1. The van der Waals surface area contributed by atoms with Crippen LogP contribution < -0.4 is 11.2 Å². The summed E-state index contributed by atoms with van der Waals surface area (Å²) in [4.78, 5) is 26.5. The molecular weight excluding hydrogens is 391 g/mol. The fourth-order valence-corrected chi connectivity index (χ4v) is 4.69. The minimum atomic E-state index is -0.495. The van der Waals surface area contributed by atoms with Crippen LogP contribution in [-0.2, 0) is 13.1 Å². The highest BCUT2D eigenvalue weighted by molar-refractivity contribution is 7.25. The van der Waals surface area contributed by atoms with Crippen LogP contribution in [0.3, 0.4) is 0 Å². The van der Waals surface area contributed by atoms with Gasteiger partial charge in [0.15, 0.2) is 0 Å². The van der Waals surface area contributed by atoms with Gasteiger partial charge in [-0.05, 0) is 24.3 Å². The van der Waals surface area contributed by atoms with E-state index in [2.05, 4.69) is 0 Å². The Morgan fingerprint density at radius 3 is 2.48 bits per heavy atom. The fourth-order valence-electron chi connectivity index (χ4n) is 3.54. The Morgan fingerprint density at radius 1 is 0.897 bits per heavy atom. The van der Waals surface area contributed by atoms with E-state index in [9.17, 15) is 14.0 Å². The summed E-state index contributed by atoms with van der Waals surface area (Å²) in [6, 6.07) is 17.3. The van der Waals surface area contributed by atoms with Crippen LogP contribution in [0.1, 0.15) is 11.3 Å². The molecule has 0 spiro atoms. The second kappa shape index (κ2) is 6.86. The van der Waals surface area contributed by atoms with E-state index in [0.717, 1.165) is 14.7 Å². The van der Waals surface area contributed by atoms with Crippen molar-refractivity contribution in [3.63, 3.8) is 0 Å². The van der Waals surface area contributed by atoms with Gasteiger partial charge in [0.25, 0.3) is 5.56 Å². The molecule has 0 saturated heterocycles. The van der Waals surface area contributed by atoms with Gasteiger partial charge in [-0.2, -0.15) is 0 Å². The molecule has 5 rings (SSSR count). The molecule has 0 aliphatic heterocycles. The summed E-state index contributed by atoms with van der Waals surface area (Å²) in [7, 11) is 0. The molecule has 0 unspecified atom stereocenters. The standard InChI is InChI=1S/C22H15FN2O3S/c23-17-9-3-1-6-14(17)12-24-19-16-8-2-4-10-18(16)29-20(19)21(26)25(22(24)27)13-15-7-5-11-28-15/h1-11H,12-13H2. The molecule has 0 saturated carbocycles. The number of nitrogens with zero attached hydrogens (tertiary/aromatic N) is 2. The molecule has 0 aliphatic rings. The minimum absolute atomic E-state index is 0.0200. The Balaban J connectivity index is 1.84. The highest BCUT2D eigenvalue weighted by Gasteiger charge is 2.19. The number of fused-ring (bicyclic) bond motifs is 3. The van der Waals surface area contributed by atoms with Crippen molar-refractivity contribution in [2.45, 2.75) is 13.1 Å². The van der Waals surface area contributed by atoms with E-state index in [4.69, 9.17) is 4.42 Å². The lowest BCUT2D eigenvalue weighted by Gasteiger charge is -2.12. The van der Waals surface area contributed by atoms with Gasteiger partial charge in [0.1, 0.15) is 16.3 Å². The van der Waals surface area contributed by atoms with Gasteiger partial charge in [0.2, 0.25) is 0 Å². The van der Waals surface area contributed by atoms with Crippen molar-refractivity contribution in [2.75, 3.05) is 0 Å². The zero-order chi connectivity index (χ0) is 20.0. The van der Waals surface area contributed by atoms with Crippen LogP contribution in [0.5, 0.6) is 0 Å². The average Bonchev–Trinajstić information content (AvgIpc) is 3.37. The van der Waals surface area contributed by atoms with Crippen LogP contribution in [0.4, 0.5) is 4.39 Å². The summed E-state index contributed by atoms with van der Waals surface area (Å²) < 4.78 is 23.7. The van der Waals surface area contributed by atoms with Gasteiger partial charge in [0.05, 0.1) is 24.9 Å². The maximum Gasteiger partial charge on any atom is 0.332 e. The molecular formula is C22H15FN2O3S. The van der Waals surface area contributed by atoms with Crippen molar-refractivity contribution >= 4 is 31.6 Å². The molecule has 7 heteroatoms. The number of hydrogen-bond acceptors (Lipinski definition) is 4. The zero-order valence-electron chi connectivity index (χ0n) is 15.2. The summed E-state index contributed by atoms with van der Waals surface area (Å²) in [6.07, 6.45) is 1.50. The van der Waals surface area contributed by atoms with Gasteiger partial charge in [-0.25, -0.2) is 9.18 Å². The molecule has 3 aromatic heterocycles. The summed E-state index contributed by atoms with van der Waals surface area (Å²) in [6.45, 7) is 0.0489. The van der Waals surface area contributed by atoms with Gasteiger partial charge in [-0.3, -0.25) is 13.9 Å². The second-order valence-corrected chi connectivity index (χ2v) is 7.76. The lowest BCUT2D eigenvalue weighted by atomic mass is 10.2. The predicted molar refractivity (Wildman–Crippen MR) is 111 cm³/mol. The van der Waals surface area contributed by atoms with Gasteiger partial charge in [0, 0.05) is 15.6 Å². The Hall–Kier alpha value is -3.45. The van der Waals surface area contributed by atoms with E-state index in [-0.39, 0.29) is 18.6 Å². The molecule has 0 N–H and O–H groups in total. The first-order chi connectivity index (χ1) is 14.1. The normalized spacial score (nSPS) is 11.5. The maximum atomic E-state index is 14.3. The van der Waals surface area contributed by atoms with Crippen molar-refractivity contribution in [1.82, 2.24) is 9.13 Å². The number of thiophene rings is 1. The molecule has 2 aromatic carbocycles. The molecule has 0 radical (unpaired) electrons. The summed E-state index contributed by atoms with van der Waals surface area (Å²) in [5.41, 5.74) is 0.0621. The van der Waals surface area contributed by atoms with Crippen LogP contribution in [0.25, 0.3) is 20.3 Å². The smallest absolute Gasteiger partial charge is 0.332 e. The van der Waals surface area contributed by atoms with E-state index >= 15 is 0 Å². The van der Waals surface area contributed by atoms with Crippen LogP contribution in [0, 0.1) is 5.82 Å². The number of rotatable bonds is 4. The Morgan fingerprint density at radius 2 is 1.69 bits per heavy atom. The van der Waals surface area contributed by atoms with Crippen LogP contribution in [0.2, 0.25) is 0 Å². The van der Waals surface area contributed by atoms with Gasteiger partial charge in [-0.1, -0.05) is 36.4 Å². The lowest BCUT2D eigenvalue weighted by Crippen LogP contribution is -2.40. The van der Waals surface area contributed by atoms with Gasteiger partial charge in [-0.15, -0.1) is 11.3 Å². The van der Waals surface area contributed by atoms with E-state index in [1.165, 1.54) is 28.2 Å². The molecule has 0 aliphatic carbocycles. The zero-order valence-corrected chi connectivity index (χ0v) is 16.0. The summed E-state index contributed by atoms with van der Waals surface area (Å²) in [5.74, 6) is 0.109. The van der Waals surface area contributed by atoms with E-state index in [1.54, 1.807) is 30.3 Å². The third kappa shape index (κ3) is 2.91. The first-order valence-electron chi connectivity index (χ1n) is 9.04. The van der Waals surface area contributed by atoms with Gasteiger partial charge >= 0.3 is 5.69 Å². The molecule has 0 amide bonds. The van der Waals surface area contributed by atoms with Crippen LogP contribution in [0.15, 0.2) is 80.9 Å². The third-order valence-corrected chi connectivity index (χ3v) is 6.07. The van der Waals surface area contributed by atoms with Crippen molar-refractivity contribution < 1.29 is 8.81 Å². The highest BCUT2D eigenvalue weighted by Crippen LogP contribution is 2.31. The molecule has 5 nitrogen and oxygen atoms in total. The van der Waals surface area contributed by atoms with Crippen molar-refractivity contribution in [1.29, 1.82) is 0 Å². The topological polar surface area (TPSA) is 57.1 Å². The lowest BCUT2D eigenvalue weighted by molar-refractivity contribution is 0.479. The maximum absolute atomic E-state index is 14.3. The Kier molecular flexibility index (Phi) is 4.17. The third-order valence-electron chi connectivity index (χ3n) is 4.92. The quantitative estimate of drug-likeness (QED) is 0.449. The van der Waals surface area contributed by atoms with E-state index in [0.29, 0.717) is 21.5 Å². The van der Waals surface area contributed by atoms with E-state index < -0.39 is 11.5 Å². The molecule has 29 heavy (non-hydrogen) atoms. The number of benzene rings is 2. The first kappa shape index (κ1) is 17.6. The number of halogens is 1. The fraction of sp³-hybridized carbons (Fsp3) is 0.0909. The summed E-state index contributed by atoms with van der Waals surface area (Å²) in [5, 5.41) is 0.809. The molecule has 3 heterocycles. The Bertz CT molecular complexity index is 1460. The van der Waals surface area contributed by atoms with Crippen molar-refractivity contribution in [2.24, 2.45) is 0 Å². The Labute approximate surface area is 167 Å². The molecule has 5 aromatic rings. The van der Waals surface area contributed by atoms with Crippen molar-refractivity contribution in [3.8, 4) is 0 Å². The van der Waals surface area contributed by atoms with Crippen LogP contribution >= 0.6 is 11.3 Å². The minimum Gasteiger partial charge on any atom is -0.467 e. The predicted octanol–water partition coefficient (Wildman–Crippen LogP) is 4.21. The second-order valence-electron chi connectivity index (χ2n) is 6.71. The van der Waals surface area contributed by atoms with Gasteiger partial charge < -0.3 is 4.42 Å².